The van der Waals surface area contributed by atoms with Crippen molar-refractivity contribution in [3.8, 4) is 11.5 Å². The normalized spacial score (nSPS) is 15.9. The van der Waals surface area contributed by atoms with E-state index in [0.717, 1.165) is 11.1 Å². The van der Waals surface area contributed by atoms with Gasteiger partial charge in [0.05, 0.1) is 47.1 Å². The minimum absolute atomic E-state index is 0. The third-order valence-electron chi connectivity index (χ3n) is 10.5. The number of hydrogen-bond donors (Lipinski definition) is 4. The van der Waals surface area contributed by atoms with Gasteiger partial charge in [0.2, 0.25) is 0 Å². The van der Waals surface area contributed by atoms with Gasteiger partial charge in [0.15, 0.2) is 16.1 Å². The van der Waals surface area contributed by atoms with E-state index in [4.69, 9.17) is 24.1 Å². The van der Waals surface area contributed by atoms with Crippen LogP contribution >= 0.6 is 22.7 Å². The Morgan fingerprint density at radius 2 is 1.28 bits per heavy atom. The van der Waals surface area contributed by atoms with Gasteiger partial charge in [-0.15, -0.1) is 22.7 Å². The van der Waals surface area contributed by atoms with Gasteiger partial charge in [-0.05, 0) is 73.5 Å². The van der Waals surface area contributed by atoms with E-state index in [0.29, 0.717) is 74.9 Å². The number of hydrogen-bond acceptors (Lipinski definition) is 14. The van der Waals surface area contributed by atoms with E-state index in [1.54, 1.807) is 59.6 Å². The Balaban J connectivity index is 0.000000199. The predicted molar refractivity (Wildman–Crippen MR) is 251 cm³/mol. The van der Waals surface area contributed by atoms with Crippen LogP contribution in [0.3, 0.4) is 0 Å². The number of alkyl halides is 4. The molecule has 1 fully saturated rings. The summed E-state index contributed by atoms with van der Waals surface area (Å²) in [6, 6.07) is 19.2. The first kappa shape index (κ1) is 49.5. The first-order valence-electron chi connectivity index (χ1n) is 20.8. The zero-order valence-electron chi connectivity index (χ0n) is 35.8. The number of halogens is 4. The maximum atomic E-state index is 14.0. The fourth-order valence-electron chi connectivity index (χ4n) is 7.45. The summed E-state index contributed by atoms with van der Waals surface area (Å²) in [7, 11) is 0. The number of ether oxygens (including phenoxy) is 4. The Morgan fingerprint density at radius 1 is 0.779 bits per heavy atom. The van der Waals surface area contributed by atoms with E-state index in [1.165, 1.54) is 46.9 Å². The van der Waals surface area contributed by atoms with Crippen molar-refractivity contribution in [2.24, 2.45) is 9.98 Å². The minimum Gasteiger partial charge on any atom is -0.491 e. The number of nitrogens with zero attached hydrogens (tertiary/aromatic N) is 4. The molecule has 0 saturated carbocycles. The van der Waals surface area contributed by atoms with Crippen molar-refractivity contribution in [3.05, 3.63) is 140 Å². The number of para-hydroxylation sites is 2. The number of rotatable bonds is 15. The second-order valence-corrected chi connectivity index (χ2v) is 17.5. The van der Waals surface area contributed by atoms with Crippen molar-refractivity contribution in [2.75, 3.05) is 37.1 Å². The van der Waals surface area contributed by atoms with Crippen molar-refractivity contribution in [1.29, 1.82) is 0 Å². The summed E-state index contributed by atoms with van der Waals surface area (Å²) in [5, 5.41) is 28.2. The molecular weight excluding hydrogens is 929 g/mol. The van der Waals surface area contributed by atoms with Crippen LogP contribution in [0.2, 0.25) is 0 Å². The monoisotopic (exact) mass is 974 g/mol. The Kier molecular flexibility index (Phi) is 15.8. The lowest BCUT2D eigenvalue weighted by Crippen LogP contribution is -2.25. The van der Waals surface area contributed by atoms with Crippen molar-refractivity contribution in [1.82, 2.24) is 9.97 Å². The number of benzene rings is 4. The average Bonchev–Trinajstić information content (AvgIpc) is 4.19. The molecular formula is C48H46F4N6O8S2. The molecule has 0 spiro atoms. The number of thiazole rings is 2. The average molecular weight is 975 g/mol. The second kappa shape index (κ2) is 21.7. The maximum Gasteiger partial charge on any atom is 0.264 e. The summed E-state index contributed by atoms with van der Waals surface area (Å²) in [5.74, 6) is -0.936. The summed E-state index contributed by atoms with van der Waals surface area (Å²) >= 11 is 2.59. The third kappa shape index (κ3) is 11.6. The molecule has 0 aliphatic carbocycles. The van der Waals surface area contributed by atoms with Gasteiger partial charge in [-0.1, -0.05) is 31.7 Å². The van der Waals surface area contributed by atoms with E-state index in [9.17, 15) is 32.3 Å². The molecule has 3 aliphatic rings. The first-order chi connectivity index (χ1) is 32.2. The molecule has 68 heavy (non-hydrogen) atoms. The largest absolute Gasteiger partial charge is 0.491 e. The molecule has 0 bridgehead atoms. The zero-order chi connectivity index (χ0) is 47.2. The molecule has 2 atom stereocenters. The summed E-state index contributed by atoms with van der Waals surface area (Å²) in [5.41, 5.74) is 4.25. The molecule has 4 N–H and O–H groups in total. The number of fused-ring (bicyclic) bond motifs is 2. The molecule has 2 amide bonds. The van der Waals surface area contributed by atoms with E-state index in [-0.39, 0.29) is 61.0 Å². The lowest BCUT2D eigenvalue weighted by atomic mass is 9.98. The predicted octanol–water partition coefficient (Wildman–Crippen LogP) is 9.92. The van der Waals surface area contributed by atoms with Crippen LogP contribution < -0.4 is 20.1 Å². The van der Waals surface area contributed by atoms with Crippen LogP contribution in [0.5, 0.6) is 11.5 Å². The lowest BCUT2D eigenvalue weighted by Gasteiger charge is -2.18. The smallest absolute Gasteiger partial charge is 0.264 e. The van der Waals surface area contributed by atoms with Crippen molar-refractivity contribution in [3.63, 3.8) is 0 Å². The van der Waals surface area contributed by atoms with Crippen molar-refractivity contribution in [2.45, 2.75) is 65.0 Å². The lowest BCUT2D eigenvalue weighted by molar-refractivity contribution is -0.141. The van der Waals surface area contributed by atoms with Gasteiger partial charge in [0.1, 0.15) is 36.9 Å². The zero-order valence-corrected chi connectivity index (χ0v) is 37.4. The van der Waals surface area contributed by atoms with E-state index in [2.05, 4.69) is 30.6 Å². The molecule has 5 heterocycles. The number of nitrogens with one attached hydrogen (secondary N) is 2. The van der Waals surface area contributed by atoms with Gasteiger partial charge in [-0.2, -0.15) is 0 Å². The molecule has 356 valence electrons. The molecule has 0 unspecified atom stereocenters. The summed E-state index contributed by atoms with van der Waals surface area (Å²) in [6.07, 6.45) is -3.06. The van der Waals surface area contributed by atoms with Crippen LogP contribution in [0, 0.1) is 0 Å². The van der Waals surface area contributed by atoms with E-state index in [1.807, 2.05) is 26.0 Å². The fraction of sp³-hybridized carbons (Fsp3) is 0.292. The van der Waals surface area contributed by atoms with Gasteiger partial charge in [0.25, 0.3) is 24.7 Å². The van der Waals surface area contributed by atoms with Crippen LogP contribution in [-0.4, -0.2) is 87.8 Å². The Morgan fingerprint density at radius 3 is 1.71 bits per heavy atom. The summed E-state index contributed by atoms with van der Waals surface area (Å²) < 4.78 is 77.9. The summed E-state index contributed by atoms with van der Waals surface area (Å²) in [6.45, 7) is 3.47. The highest BCUT2D eigenvalue weighted by Crippen LogP contribution is 2.38. The quantitative estimate of drug-likeness (QED) is 0.0722. The van der Waals surface area contributed by atoms with Gasteiger partial charge < -0.3 is 29.2 Å². The van der Waals surface area contributed by atoms with Gasteiger partial charge >= 0.3 is 0 Å². The van der Waals surface area contributed by atoms with Crippen LogP contribution in [0.15, 0.2) is 106 Å². The van der Waals surface area contributed by atoms with Gasteiger partial charge in [-0.25, -0.2) is 27.5 Å². The van der Waals surface area contributed by atoms with Crippen LogP contribution in [0.25, 0.3) is 0 Å². The Labute approximate surface area is 396 Å². The first-order valence-corrected chi connectivity index (χ1v) is 22.5. The highest BCUT2D eigenvalue weighted by atomic mass is 32.1. The number of carbonyl (C=O) groups excluding carboxylic acids is 2. The molecule has 9 rings (SSSR count). The van der Waals surface area contributed by atoms with Gasteiger partial charge in [-0.3, -0.25) is 30.2 Å². The number of aromatic nitrogens is 2. The molecule has 20 heteroatoms. The van der Waals surface area contributed by atoms with Crippen LogP contribution in [0.1, 0.15) is 88.2 Å². The molecule has 0 radical (unpaired) electrons. The number of aliphatic imine (C=N–C) groups is 2. The number of carbonyl (C=O) groups is 2. The molecule has 6 aromatic rings. The molecule has 2 aromatic heterocycles. The number of aliphatic hydroxyl groups excluding tert-OH is 2. The highest BCUT2D eigenvalue weighted by Gasteiger charge is 2.33. The number of aliphatic hydroxyl groups is 2. The topological polar surface area (TPSA) is 186 Å². The third-order valence-corrected chi connectivity index (χ3v) is 11.9. The SMILES string of the molecule is C.CC1(C)OC[C@H](COc2ccc(C3=Nc4c(cccc4C(=O)Nc4nccs4)C3)c(C(F)F)c2)O1.O=C(Nc1nccs1)c1cccc2c1N=C(c1ccc(OC[C@H](O)CO)cc1C(F)F)C2. The van der Waals surface area contributed by atoms with Crippen molar-refractivity contribution < 1.29 is 56.3 Å². The van der Waals surface area contributed by atoms with E-state index < -0.39 is 31.3 Å². The standard InChI is InChI=1S/C25H23F2N3O4S.C22H19F2N3O4S.CH4/c1-25(2)33-13-16(34-25)12-32-15-6-7-17(19(11-15)22(26)27)20-10-14-4-3-5-18(21(14)29-20)23(31)30-24-28-8-9-35-24;23-20(24)17-9-14(31-11-13(29)10-28)4-5-15(17)18-8-12-2-1-3-16(19(12)26-18)21(30)27-22-25-6-7-32-22;/h3-9,11,16,22H,10,12-13H2,1-2H3,(H,28,30,31);1-7,9,13,20,28-29H,8,10-11H2,(H,25,27,30);1H4/t16-;13-;/m01./s1. The fourth-order valence-corrected chi connectivity index (χ4v) is 8.49. The number of anilines is 2. The molecule has 14 nitrogen and oxygen atoms in total. The van der Waals surface area contributed by atoms with Crippen LogP contribution in [-0.2, 0) is 22.3 Å². The van der Waals surface area contributed by atoms with E-state index >= 15 is 0 Å². The van der Waals surface area contributed by atoms with Crippen molar-refractivity contribution >= 4 is 67.5 Å². The maximum absolute atomic E-state index is 14.0. The molecule has 1 saturated heterocycles. The second-order valence-electron chi connectivity index (χ2n) is 15.7. The number of amides is 2. The Hall–Kier alpha value is -6.42. The molecule has 4 aromatic carbocycles. The van der Waals surface area contributed by atoms with Crippen LogP contribution in [0.4, 0.5) is 39.2 Å². The summed E-state index contributed by atoms with van der Waals surface area (Å²) in [4.78, 5) is 42.7. The Bertz CT molecular complexity index is 2810. The highest BCUT2D eigenvalue weighted by molar-refractivity contribution is 7.14. The van der Waals surface area contributed by atoms with Gasteiger partial charge in [0, 0.05) is 58.2 Å². The minimum atomic E-state index is -2.78. The molecule has 3 aliphatic heterocycles.